The first-order valence-electron chi connectivity index (χ1n) is 16.6. The van der Waals surface area contributed by atoms with E-state index in [1.807, 2.05) is 78.9 Å². The van der Waals surface area contributed by atoms with Crippen molar-refractivity contribution in [3.05, 3.63) is 164 Å². The van der Waals surface area contributed by atoms with E-state index in [-0.39, 0.29) is 0 Å². The molecular weight excluding hydrogens is 615 g/mol. The maximum Gasteiger partial charge on any atom is 0.164 e. The lowest BCUT2D eigenvalue weighted by atomic mass is 9.99. The molecule has 234 valence electrons. The summed E-state index contributed by atoms with van der Waals surface area (Å²) in [5, 5.41) is 4.26. The van der Waals surface area contributed by atoms with Gasteiger partial charge in [-0.3, -0.25) is 0 Å². The zero-order valence-corrected chi connectivity index (χ0v) is 26.7. The lowest BCUT2D eigenvalue weighted by Crippen LogP contribution is -2.00. The van der Waals surface area contributed by atoms with Crippen LogP contribution in [0.5, 0.6) is 0 Å². The summed E-state index contributed by atoms with van der Waals surface area (Å²) in [6.07, 6.45) is 0. The fraction of sp³-hybridized carbons (Fsp3) is 0. The van der Waals surface area contributed by atoms with Crippen molar-refractivity contribution < 1.29 is 8.83 Å². The smallest absolute Gasteiger partial charge is 0.164 e. The Morgan fingerprint density at radius 1 is 0.300 bits per heavy atom. The number of benzene rings is 7. The first-order chi connectivity index (χ1) is 24.7. The van der Waals surface area contributed by atoms with Gasteiger partial charge >= 0.3 is 0 Å². The van der Waals surface area contributed by atoms with Gasteiger partial charge in [0.25, 0.3) is 0 Å². The summed E-state index contributed by atoms with van der Waals surface area (Å²) in [5.74, 6) is 1.84. The molecule has 3 heterocycles. The number of rotatable bonds is 5. The normalized spacial score (nSPS) is 11.6. The Kier molecular flexibility index (Phi) is 6.42. The van der Waals surface area contributed by atoms with E-state index in [1.165, 1.54) is 11.1 Å². The molecule has 10 rings (SSSR count). The van der Waals surface area contributed by atoms with Crippen molar-refractivity contribution in [2.75, 3.05) is 0 Å². The van der Waals surface area contributed by atoms with Gasteiger partial charge in [-0.2, -0.15) is 0 Å². The fourth-order valence-corrected chi connectivity index (χ4v) is 6.86. The van der Waals surface area contributed by atoms with Gasteiger partial charge in [0.1, 0.15) is 22.3 Å². The molecule has 0 bridgehead atoms. The first-order valence-corrected chi connectivity index (χ1v) is 16.6. The van der Waals surface area contributed by atoms with Gasteiger partial charge in [0.2, 0.25) is 0 Å². The molecule has 0 fully saturated rings. The minimum atomic E-state index is 0.590. The van der Waals surface area contributed by atoms with Crippen LogP contribution >= 0.6 is 0 Å². The van der Waals surface area contributed by atoms with Gasteiger partial charge in [0.15, 0.2) is 17.5 Å². The second-order valence-corrected chi connectivity index (χ2v) is 12.4. The predicted octanol–water partition coefficient (Wildman–Crippen LogP) is 12.0. The molecule has 0 saturated heterocycles. The molecule has 50 heavy (non-hydrogen) atoms. The highest BCUT2D eigenvalue weighted by Crippen LogP contribution is 2.40. The third-order valence-electron chi connectivity index (χ3n) is 9.34. The number of furan rings is 2. The molecule has 3 aromatic heterocycles. The van der Waals surface area contributed by atoms with Crippen LogP contribution in [0.2, 0.25) is 0 Å². The quantitative estimate of drug-likeness (QED) is 0.187. The second-order valence-electron chi connectivity index (χ2n) is 12.4. The van der Waals surface area contributed by atoms with E-state index in [2.05, 4.69) is 84.9 Å². The van der Waals surface area contributed by atoms with Gasteiger partial charge in [-0.25, -0.2) is 15.0 Å². The lowest BCUT2D eigenvalue weighted by Gasteiger charge is -2.08. The number of fused-ring (bicyclic) bond motifs is 6. The summed E-state index contributed by atoms with van der Waals surface area (Å²) >= 11 is 0. The molecule has 0 aliphatic rings. The van der Waals surface area contributed by atoms with E-state index in [0.717, 1.165) is 71.7 Å². The SMILES string of the molecule is c1ccc(-c2ccc3oc4c(-c5ccc6oc7cc(-c8nc(-c9ccccc9)nc(-c9ccccc9)n8)ccc7c6c5)cccc4c3c2)cc1. The maximum absolute atomic E-state index is 6.52. The van der Waals surface area contributed by atoms with Crippen LogP contribution in [-0.2, 0) is 0 Å². The Morgan fingerprint density at radius 3 is 1.52 bits per heavy atom. The summed E-state index contributed by atoms with van der Waals surface area (Å²) in [5.41, 5.74) is 10.5. The van der Waals surface area contributed by atoms with Crippen LogP contribution in [0.15, 0.2) is 173 Å². The van der Waals surface area contributed by atoms with E-state index in [1.54, 1.807) is 0 Å². The maximum atomic E-state index is 6.52. The van der Waals surface area contributed by atoms with Gasteiger partial charge in [-0.05, 0) is 53.1 Å². The summed E-state index contributed by atoms with van der Waals surface area (Å²) in [7, 11) is 0. The molecule has 0 aliphatic heterocycles. The fourth-order valence-electron chi connectivity index (χ4n) is 6.86. The first kappa shape index (κ1) is 28.2. The van der Waals surface area contributed by atoms with Crippen LogP contribution in [-0.4, -0.2) is 15.0 Å². The average Bonchev–Trinajstić information content (AvgIpc) is 3.76. The van der Waals surface area contributed by atoms with Crippen LogP contribution in [0.4, 0.5) is 0 Å². The van der Waals surface area contributed by atoms with E-state index >= 15 is 0 Å². The van der Waals surface area contributed by atoms with E-state index in [9.17, 15) is 0 Å². The third kappa shape index (κ3) is 4.75. The number of nitrogens with zero attached hydrogens (tertiary/aromatic N) is 3. The van der Waals surface area contributed by atoms with Crippen LogP contribution in [0.25, 0.3) is 100 Å². The molecule has 5 heteroatoms. The molecule has 10 aromatic rings. The Labute approximate surface area is 287 Å². The van der Waals surface area contributed by atoms with Crippen molar-refractivity contribution >= 4 is 43.9 Å². The third-order valence-corrected chi connectivity index (χ3v) is 9.34. The molecule has 0 amide bonds. The molecule has 0 saturated carbocycles. The lowest BCUT2D eigenvalue weighted by molar-refractivity contribution is 0.668. The zero-order valence-electron chi connectivity index (χ0n) is 26.7. The second kappa shape index (κ2) is 11.4. The van der Waals surface area contributed by atoms with Crippen LogP contribution in [0, 0.1) is 0 Å². The number of hydrogen-bond acceptors (Lipinski definition) is 5. The Morgan fingerprint density at radius 2 is 0.840 bits per heavy atom. The minimum absolute atomic E-state index is 0.590. The van der Waals surface area contributed by atoms with Crippen molar-refractivity contribution in [1.29, 1.82) is 0 Å². The molecule has 0 N–H and O–H groups in total. The highest BCUT2D eigenvalue weighted by molar-refractivity contribution is 6.12. The molecule has 0 spiro atoms. The summed E-state index contributed by atoms with van der Waals surface area (Å²) in [6.45, 7) is 0. The van der Waals surface area contributed by atoms with Gasteiger partial charge in [-0.1, -0.05) is 127 Å². The average molecular weight is 642 g/mol. The monoisotopic (exact) mass is 641 g/mol. The van der Waals surface area contributed by atoms with E-state index in [0.29, 0.717) is 17.5 Å². The van der Waals surface area contributed by atoms with Crippen LogP contribution in [0.1, 0.15) is 0 Å². The molecule has 0 aliphatic carbocycles. The highest BCUT2D eigenvalue weighted by atomic mass is 16.3. The standard InChI is InChI=1S/C45H27N3O2/c1-4-11-28(12-5-1)31-20-23-40-38(25-31)36-18-10-17-34(42(36)50-40)32-21-24-39-37(26-32)35-22-19-33(27-41(35)49-39)45-47-43(29-13-6-2-7-14-29)46-44(48-45)30-15-8-3-9-16-30/h1-27H. The van der Waals surface area contributed by atoms with Crippen molar-refractivity contribution in [2.24, 2.45) is 0 Å². The van der Waals surface area contributed by atoms with Crippen molar-refractivity contribution in [1.82, 2.24) is 15.0 Å². The van der Waals surface area contributed by atoms with Crippen molar-refractivity contribution in [3.8, 4) is 56.4 Å². The van der Waals surface area contributed by atoms with Crippen LogP contribution < -0.4 is 0 Å². The Bertz CT molecular complexity index is 2800. The van der Waals surface area contributed by atoms with E-state index < -0.39 is 0 Å². The van der Waals surface area contributed by atoms with Gasteiger partial charge in [-0.15, -0.1) is 0 Å². The van der Waals surface area contributed by atoms with Crippen LogP contribution in [0.3, 0.4) is 0 Å². The summed E-state index contributed by atoms with van der Waals surface area (Å²) in [4.78, 5) is 14.7. The highest BCUT2D eigenvalue weighted by Gasteiger charge is 2.17. The zero-order chi connectivity index (χ0) is 33.0. The number of aromatic nitrogens is 3. The van der Waals surface area contributed by atoms with Gasteiger partial charge < -0.3 is 8.83 Å². The van der Waals surface area contributed by atoms with E-state index in [4.69, 9.17) is 23.8 Å². The Balaban J connectivity index is 1.07. The molecule has 7 aromatic carbocycles. The molecule has 0 unspecified atom stereocenters. The summed E-state index contributed by atoms with van der Waals surface area (Å²) in [6, 6.07) is 55.8. The van der Waals surface area contributed by atoms with Gasteiger partial charge in [0, 0.05) is 43.8 Å². The number of hydrogen-bond donors (Lipinski definition) is 0. The molecule has 0 atom stereocenters. The number of para-hydroxylation sites is 1. The largest absolute Gasteiger partial charge is 0.456 e. The predicted molar refractivity (Wildman–Crippen MR) is 202 cm³/mol. The van der Waals surface area contributed by atoms with Gasteiger partial charge in [0.05, 0.1) is 0 Å². The van der Waals surface area contributed by atoms with Crippen molar-refractivity contribution in [3.63, 3.8) is 0 Å². The minimum Gasteiger partial charge on any atom is -0.456 e. The molecular formula is C45H27N3O2. The molecule has 5 nitrogen and oxygen atoms in total. The molecule has 0 radical (unpaired) electrons. The van der Waals surface area contributed by atoms with Crippen molar-refractivity contribution in [2.45, 2.75) is 0 Å². The Hall–Kier alpha value is -6.85. The topological polar surface area (TPSA) is 65.0 Å². The summed E-state index contributed by atoms with van der Waals surface area (Å²) < 4.78 is 12.9.